The quantitative estimate of drug-likeness (QED) is 0.0830. The lowest BCUT2D eigenvalue weighted by Crippen LogP contribution is -2.25. The van der Waals surface area contributed by atoms with E-state index in [1.165, 1.54) is 12.7 Å². The Morgan fingerprint density at radius 2 is 0.777 bits per heavy atom. The molecule has 7 aromatic carbocycles. The molecule has 0 unspecified atom stereocenters. The molecule has 103 heavy (non-hydrogen) atoms. The van der Waals surface area contributed by atoms with Gasteiger partial charge in [-0.2, -0.15) is 0 Å². The van der Waals surface area contributed by atoms with Crippen LogP contribution in [0.15, 0.2) is 250 Å². The van der Waals surface area contributed by atoms with Crippen LogP contribution in [0.2, 0.25) is 0 Å². The van der Waals surface area contributed by atoms with E-state index in [1.54, 1.807) is 6.33 Å². The molecule has 9 aromatic heterocycles. The fraction of sp³-hybridized carbons (Fsp3) is 0.176. The summed E-state index contributed by atoms with van der Waals surface area (Å²) >= 11 is 0. The van der Waals surface area contributed by atoms with E-state index in [2.05, 4.69) is 202 Å². The molecule has 9 heterocycles. The van der Waals surface area contributed by atoms with E-state index in [9.17, 15) is 9.90 Å². The number of carbonyl (C=O) groups excluding carboxylic acids is 1. The number of benzene rings is 7. The first-order valence-corrected chi connectivity index (χ1v) is 35.2. The topological polar surface area (TPSA) is 255 Å². The SMILES string of the molecule is CCOC(=O)C1CCC(n2cc(-c3ccc4ccc(-c5ccccc5)nc4c3)c3c(N)ncnc32)CC1.Nc1ncnc2c1c(-c1ccc3ccc(-c4ccccc4)nc3c1)cn2-c1ccccc1.Nc1ncnc2c1c(-c1ccc3ccc(-c4ccccc4)nc3c1)cn2C1CCC(CO)CC1. The zero-order valence-corrected chi connectivity index (χ0v) is 56.9. The lowest BCUT2D eigenvalue weighted by atomic mass is 9.86. The van der Waals surface area contributed by atoms with Gasteiger partial charge >= 0.3 is 5.97 Å². The molecular weight excluding hydrogens is 1280 g/mol. The maximum atomic E-state index is 12.2. The van der Waals surface area contributed by atoms with Gasteiger partial charge in [-0.3, -0.25) is 4.79 Å². The first kappa shape index (κ1) is 65.1. The third-order valence-corrected chi connectivity index (χ3v) is 20.3. The summed E-state index contributed by atoms with van der Waals surface area (Å²) < 4.78 is 11.8. The van der Waals surface area contributed by atoms with E-state index in [-0.39, 0.29) is 24.5 Å². The Hall–Kier alpha value is -12.5. The zero-order valence-electron chi connectivity index (χ0n) is 56.9. The van der Waals surface area contributed by atoms with Gasteiger partial charge in [0.15, 0.2) is 5.65 Å². The number of carbonyl (C=O) groups is 1. The smallest absolute Gasteiger partial charge is 0.308 e. The number of esters is 1. The van der Waals surface area contributed by atoms with Crippen LogP contribution in [0.1, 0.15) is 70.4 Å². The second-order valence-electron chi connectivity index (χ2n) is 26.5. The first-order valence-electron chi connectivity index (χ1n) is 35.2. The van der Waals surface area contributed by atoms with Gasteiger partial charge in [-0.1, -0.05) is 164 Å². The predicted molar refractivity (Wildman–Crippen MR) is 411 cm³/mol. The van der Waals surface area contributed by atoms with Gasteiger partial charge < -0.3 is 40.7 Å². The van der Waals surface area contributed by atoms with Gasteiger partial charge in [-0.25, -0.2) is 44.9 Å². The number of fused-ring (bicyclic) bond motifs is 6. The molecule has 0 radical (unpaired) electrons. The van der Waals surface area contributed by atoms with Gasteiger partial charge in [-0.15, -0.1) is 0 Å². The molecule has 2 aliphatic rings. The predicted octanol–water partition coefficient (Wildman–Crippen LogP) is 17.7. The third kappa shape index (κ3) is 13.1. The van der Waals surface area contributed by atoms with Gasteiger partial charge in [0.25, 0.3) is 0 Å². The summed E-state index contributed by atoms with van der Waals surface area (Å²) in [6, 6.07) is 72.9. The summed E-state index contributed by atoms with van der Waals surface area (Å²) in [6.07, 6.45) is 18.5. The highest BCUT2D eigenvalue weighted by molar-refractivity contribution is 6.05. The molecule has 0 spiro atoms. The molecule has 0 aliphatic heterocycles. The van der Waals surface area contributed by atoms with Crippen LogP contribution in [0.5, 0.6) is 0 Å². The second kappa shape index (κ2) is 28.6. The van der Waals surface area contributed by atoms with Crippen LogP contribution in [-0.4, -0.2) is 82.8 Å². The molecule has 0 saturated heterocycles. The van der Waals surface area contributed by atoms with E-state index in [4.69, 9.17) is 36.9 Å². The summed E-state index contributed by atoms with van der Waals surface area (Å²) in [5.41, 5.74) is 37.6. The van der Waals surface area contributed by atoms with Crippen molar-refractivity contribution in [1.29, 1.82) is 0 Å². The minimum Gasteiger partial charge on any atom is -0.466 e. The molecule has 2 saturated carbocycles. The van der Waals surface area contributed by atoms with Gasteiger partial charge in [-0.05, 0) is 129 Å². The normalized spacial score (nSPS) is 16.0. The van der Waals surface area contributed by atoms with Crippen molar-refractivity contribution < 1.29 is 14.6 Å². The number of nitrogens with zero attached hydrogens (tertiary/aromatic N) is 12. The number of nitrogen functional groups attached to an aromatic ring is 3. The molecule has 18 rings (SSSR count). The molecule has 508 valence electrons. The van der Waals surface area contributed by atoms with Gasteiger partial charge in [0.1, 0.15) is 47.7 Å². The summed E-state index contributed by atoms with van der Waals surface area (Å²) in [6.45, 7) is 2.55. The van der Waals surface area contributed by atoms with Gasteiger partial charge in [0.2, 0.25) is 0 Å². The maximum Gasteiger partial charge on any atom is 0.308 e. The van der Waals surface area contributed by atoms with E-state index in [1.807, 2.05) is 79.7 Å². The van der Waals surface area contributed by atoms with Crippen LogP contribution < -0.4 is 17.2 Å². The number of aliphatic hydroxyl groups is 1. The minimum atomic E-state index is -0.0795. The highest BCUT2D eigenvalue weighted by Crippen LogP contribution is 2.43. The van der Waals surface area contributed by atoms with Crippen molar-refractivity contribution in [3.05, 3.63) is 250 Å². The number of hydrogen-bond donors (Lipinski definition) is 4. The van der Waals surface area contributed by atoms with Gasteiger partial charge in [0, 0.05) is 92.5 Å². The number of hydrogen-bond acceptors (Lipinski definition) is 15. The number of anilines is 3. The van der Waals surface area contributed by atoms with Crippen LogP contribution in [0.3, 0.4) is 0 Å². The standard InChI is InChI=1S/C30H29N5O2.C28H27N5O.C27H19N5/c1-2-37-30(36)21-10-13-23(14-11-21)35-17-24(27-28(31)32-18-33-29(27)35)22-9-8-20-12-15-25(34-26(20)16-22)19-6-4-3-5-7-19;29-27-26-23(15-33(28(26)31-17-30-27)22-11-6-18(16-34)7-12-22)21-9-8-20-10-13-24(32-25(20)14-21)19-4-2-1-3-5-19;28-26-25-22(16-32(27(25)30-17-29-26)21-9-5-2-6-10-21)20-12-11-19-13-14-23(31-24(19)15-20)18-7-3-1-4-8-18/h3-9,12,15-18,21,23H,2,10-11,13-14H2,1H3,(H2,31,32,33);1-5,8-10,13-15,17-18,22,34H,6-7,11-12,16H2,(H2,29,30,31);1-17H,(H2,28,29,30). The molecule has 2 fully saturated rings. The Kier molecular flexibility index (Phi) is 18.1. The number of nitrogens with two attached hydrogens (primary N) is 3. The van der Waals surface area contributed by atoms with Crippen molar-refractivity contribution in [3.8, 4) is 72.8 Å². The fourth-order valence-corrected chi connectivity index (χ4v) is 14.9. The molecule has 16 aromatic rings. The first-order chi connectivity index (χ1) is 50.6. The van der Waals surface area contributed by atoms with Crippen molar-refractivity contribution in [2.24, 2.45) is 11.8 Å². The highest BCUT2D eigenvalue weighted by Gasteiger charge is 2.31. The molecular formula is C85H75N15O3. The summed E-state index contributed by atoms with van der Waals surface area (Å²) in [7, 11) is 0. The number of para-hydroxylation sites is 1. The summed E-state index contributed by atoms with van der Waals surface area (Å²) in [5.74, 6) is 1.72. The van der Waals surface area contributed by atoms with Crippen LogP contribution in [-0.2, 0) is 9.53 Å². The number of ether oxygens (including phenoxy) is 1. The number of aromatic nitrogens is 12. The van der Waals surface area contributed by atoms with Crippen LogP contribution in [0, 0.1) is 11.8 Å². The molecule has 2 aliphatic carbocycles. The lowest BCUT2D eigenvalue weighted by molar-refractivity contribution is -0.149. The van der Waals surface area contributed by atoms with E-state index < -0.39 is 0 Å². The lowest BCUT2D eigenvalue weighted by Gasteiger charge is -2.28. The van der Waals surface area contributed by atoms with E-state index in [0.717, 1.165) is 190 Å². The minimum absolute atomic E-state index is 0.0254. The number of pyridine rings is 3. The maximum absolute atomic E-state index is 12.2. The number of rotatable bonds is 12. The van der Waals surface area contributed by atoms with Crippen molar-refractivity contribution in [2.45, 2.75) is 70.4 Å². The second-order valence-corrected chi connectivity index (χ2v) is 26.5. The molecule has 0 bridgehead atoms. The van der Waals surface area contributed by atoms with Crippen LogP contribution in [0.25, 0.3) is 139 Å². The van der Waals surface area contributed by atoms with Crippen molar-refractivity contribution in [1.82, 2.24) is 58.6 Å². The van der Waals surface area contributed by atoms with Gasteiger partial charge in [0.05, 0.1) is 62.3 Å². The Morgan fingerprint density at radius 1 is 0.417 bits per heavy atom. The van der Waals surface area contributed by atoms with E-state index in [0.29, 0.717) is 36.0 Å². The Labute approximate surface area is 594 Å². The summed E-state index contributed by atoms with van der Waals surface area (Å²) in [5, 5.41) is 15.4. The van der Waals surface area contributed by atoms with Crippen LogP contribution in [0.4, 0.5) is 17.5 Å². The van der Waals surface area contributed by atoms with Crippen molar-refractivity contribution in [2.75, 3.05) is 30.4 Å². The average Bonchev–Trinajstić information content (AvgIpc) is 1.64. The monoisotopic (exact) mass is 1350 g/mol. The molecule has 7 N–H and O–H groups in total. The molecule has 18 heteroatoms. The fourth-order valence-electron chi connectivity index (χ4n) is 14.9. The molecule has 0 amide bonds. The largest absolute Gasteiger partial charge is 0.466 e. The number of aliphatic hydroxyl groups excluding tert-OH is 1. The average molecular weight is 1350 g/mol. The Morgan fingerprint density at radius 3 is 1.17 bits per heavy atom. The highest BCUT2D eigenvalue weighted by atomic mass is 16.5. The Balaban J connectivity index is 0.000000120. The zero-order chi connectivity index (χ0) is 69.9. The van der Waals surface area contributed by atoms with Crippen molar-refractivity contribution in [3.63, 3.8) is 0 Å². The summed E-state index contributed by atoms with van der Waals surface area (Å²) in [4.78, 5) is 53.7. The van der Waals surface area contributed by atoms with Crippen LogP contribution >= 0.6 is 0 Å². The van der Waals surface area contributed by atoms with Crippen molar-refractivity contribution >= 4 is 89.2 Å². The van der Waals surface area contributed by atoms with E-state index >= 15 is 0 Å². The third-order valence-electron chi connectivity index (χ3n) is 20.3. The molecule has 18 nitrogen and oxygen atoms in total. The molecule has 0 atom stereocenters. The Bertz CT molecular complexity index is 5750.